The summed E-state index contributed by atoms with van der Waals surface area (Å²) in [5.41, 5.74) is -0.524. The molecule has 0 aromatic heterocycles. The molecule has 0 aliphatic rings. The number of hydrogen-bond donors (Lipinski definition) is 1. The average Bonchev–Trinajstić information content (AvgIpc) is 2.16. The summed E-state index contributed by atoms with van der Waals surface area (Å²) in [6.07, 6.45) is 10.7. The highest BCUT2D eigenvalue weighted by molar-refractivity contribution is 4.72. The van der Waals surface area contributed by atoms with Gasteiger partial charge in [0.25, 0.3) is 0 Å². The number of rotatable bonds is 9. The molecule has 0 aromatic rings. The van der Waals surface area contributed by atoms with Crippen molar-refractivity contribution in [2.75, 3.05) is 0 Å². The van der Waals surface area contributed by atoms with E-state index in [1.807, 2.05) is 6.92 Å². The van der Waals surface area contributed by atoms with Gasteiger partial charge in [0, 0.05) is 0 Å². The molecule has 1 radical (unpaired) electrons. The Morgan fingerprint density at radius 3 is 2.00 bits per heavy atom. The van der Waals surface area contributed by atoms with E-state index in [1.165, 1.54) is 38.5 Å². The first-order valence-electron chi connectivity index (χ1n) is 6.14. The predicted molar refractivity (Wildman–Crippen MR) is 63.2 cm³/mol. The Morgan fingerprint density at radius 2 is 1.50 bits per heavy atom. The third kappa shape index (κ3) is 8.55. The largest absolute Gasteiger partial charge is 0.390 e. The van der Waals surface area contributed by atoms with E-state index in [9.17, 15) is 5.11 Å². The van der Waals surface area contributed by atoms with E-state index in [-0.39, 0.29) is 0 Å². The van der Waals surface area contributed by atoms with Gasteiger partial charge in [0.15, 0.2) is 0 Å². The molecule has 0 bridgehead atoms. The molecule has 14 heavy (non-hydrogen) atoms. The molecular weight excluding hydrogens is 172 g/mol. The second-order valence-corrected chi connectivity index (χ2v) is 4.62. The molecular formula is C13H27O. The summed E-state index contributed by atoms with van der Waals surface area (Å²) < 4.78 is 0. The predicted octanol–water partition coefficient (Wildman–Crippen LogP) is 4.10. The van der Waals surface area contributed by atoms with E-state index in [1.54, 1.807) is 0 Å². The molecule has 0 aliphatic carbocycles. The number of aliphatic hydroxyl groups is 1. The summed E-state index contributed by atoms with van der Waals surface area (Å²) in [5, 5.41) is 9.70. The van der Waals surface area contributed by atoms with Crippen LogP contribution in [-0.2, 0) is 0 Å². The van der Waals surface area contributed by atoms with E-state index in [4.69, 9.17) is 0 Å². The van der Waals surface area contributed by atoms with Crippen LogP contribution < -0.4 is 0 Å². The highest BCUT2D eigenvalue weighted by Crippen LogP contribution is 2.18. The summed E-state index contributed by atoms with van der Waals surface area (Å²) in [6.45, 7) is 7.87. The first-order valence-corrected chi connectivity index (χ1v) is 6.14. The molecule has 1 N–H and O–H groups in total. The van der Waals surface area contributed by atoms with Gasteiger partial charge in [-0.3, -0.25) is 0 Å². The summed E-state index contributed by atoms with van der Waals surface area (Å²) in [5.74, 6) is 0. The summed E-state index contributed by atoms with van der Waals surface area (Å²) in [7, 11) is 0. The van der Waals surface area contributed by atoms with Crippen molar-refractivity contribution in [2.24, 2.45) is 0 Å². The highest BCUT2D eigenvalue weighted by atomic mass is 16.3. The van der Waals surface area contributed by atoms with Gasteiger partial charge in [-0.25, -0.2) is 0 Å². The topological polar surface area (TPSA) is 20.2 Å². The zero-order valence-electron chi connectivity index (χ0n) is 10.0. The normalized spacial score (nSPS) is 15.4. The lowest BCUT2D eigenvalue weighted by atomic mass is 9.95. The van der Waals surface area contributed by atoms with Crippen LogP contribution in [0.4, 0.5) is 0 Å². The molecule has 0 rings (SSSR count). The van der Waals surface area contributed by atoms with Crippen molar-refractivity contribution < 1.29 is 5.11 Å². The minimum Gasteiger partial charge on any atom is -0.390 e. The van der Waals surface area contributed by atoms with Crippen molar-refractivity contribution in [1.29, 1.82) is 0 Å². The Morgan fingerprint density at radius 1 is 1.00 bits per heavy atom. The summed E-state index contributed by atoms with van der Waals surface area (Å²) in [6, 6.07) is 0. The third-order valence-electron chi connectivity index (χ3n) is 2.86. The Kier molecular flexibility index (Phi) is 8.26. The van der Waals surface area contributed by atoms with Crippen molar-refractivity contribution in [1.82, 2.24) is 0 Å². The van der Waals surface area contributed by atoms with Crippen molar-refractivity contribution in [3.8, 4) is 0 Å². The fraction of sp³-hybridized carbons (Fsp3) is 0.923. The molecule has 1 heteroatoms. The first-order chi connectivity index (χ1) is 6.62. The van der Waals surface area contributed by atoms with Gasteiger partial charge in [0.1, 0.15) is 0 Å². The average molecular weight is 199 g/mol. The Bertz CT molecular complexity index is 118. The lowest BCUT2D eigenvalue weighted by Crippen LogP contribution is -2.22. The Balaban J connectivity index is 3.13. The third-order valence-corrected chi connectivity index (χ3v) is 2.86. The quantitative estimate of drug-likeness (QED) is 0.554. The van der Waals surface area contributed by atoms with Crippen LogP contribution in [0, 0.1) is 6.92 Å². The van der Waals surface area contributed by atoms with Gasteiger partial charge in [0.05, 0.1) is 5.60 Å². The molecule has 1 unspecified atom stereocenters. The van der Waals surface area contributed by atoms with Crippen LogP contribution in [0.25, 0.3) is 0 Å². The molecule has 1 nitrogen and oxygen atoms in total. The van der Waals surface area contributed by atoms with Crippen molar-refractivity contribution in [2.45, 2.75) is 77.2 Å². The molecule has 0 fully saturated rings. The van der Waals surface area contributed by atoms with Crippen molar-refractivity contribution in [3.05, 3.63) is 6.92 Å². The molecule has 0 amide bonds. The molecule has 0 saturated carbocycles. The maximum Gasteiger partial charge on any atom is 0.0619 e. The molecule has 0 spiro atoms. The van der Waals surface area contributed by atoms with Crippen LogP contribution in [0.3, 0.4) is 0 Å². The molecule has 85 valence electrons. The van der Waals surface area contributed by atoms with Crippen LogP contribution in [0.1, 0.15) is 71.6 Å². The maximum absolute atomic E-state index is 9.70. The van der Waals surface area contributed by atoms with Crippen LogP contribution in [0.15, 0.2) is 0 Å². The van der Waals surface area contributed by atoms with Gasteiger partial charge < -0.3 is 5.11 Å². The minimum atomic E-state index is -0.524. The molecule has 1 atom stereocenters. The molecule has 0 heterocycles. The Labute approximate surface area is 89.9 Å². The Hall–Kier alpha value is -0.0400. The van der Waals surface area contributed by atoms with Gasteiger partial charge in [-0.1, -0.05) is 58.8 Å². The van der Waals surface area contributed by atoms with E-state index in [2.05, 4.69) is 13.8 Å². The van der Waals surface area contributed by atoms with Crippen LogP contribution >= 0.6 is 0 Å². The van der Waals surface area contributed by atoms with Crippen molar-refractivity contribution >= 4 is 0 Å². The standard InChI is InChI=1S/C13H27O/c1-4-6-7-8-9-10-11-12-13(3,14)5-2/h14H,2,4-12H2,1,3H3. The van der Waals surface area contributed by atoms with Crippen LogP contribution in [0.5, 0.6) is 0 Å². The van der Waals surface area contributed by atoms with E-state index >= 15 is 0 Å². The summed E-state index contributed by atoms with van der Waals surface area (Å²) in [4.78, 5) is 0. The number of unbranched alkanes of at least 4 members (excludes halogenated alkanes) is 6. The zero-order valence-corrected chi connectivity index (χ0v) is 10.0. The second-order valence-electron chi connectivity index (χ2n) is 4.62. The second kappa shape index (κ2) is 8.28. The van der Waals surface area contributed by atoms with E-state index in [0.29, 0.717) is 6.42 Å². The molecule has 0 aromatic carbocycles. The number of hydrogen-bond acceptors (Lipinski definition) is 1. The monoisotopic (exact) mass is 199 g/mol. The summed E-state index contributed by atoms with van der Waals surface area (Å²) >= 11 is 0. The van der Waals surface area contributed by atoms with Gasteiger partial charge >= 0.3 is 0 Å². The fourth-order valence-corrected chi connectivity index (χ4v) is 1.59. The molecule has 0 saturated heterocycles. The fourth-order valence-electron chi connectivity index (χ4n) is 1.59. The van der Waals surface area contributed by atoms with Crippen LogP contribution in [0.2, 0.25) is 0 Å². The van der Waals surface area contributed by atoms with E-state index in [0.717, 1.165) is 12.8 Å². The van der Waals surface area contributed by atoms with Crippen molar-refractivity contribution in [3.63, 3.8) is 0 Å². The van der Waals surface area contributed by atoms with Gasteiger partial charge in [-0.2, -0.15) is 0 Å². The van der Waals surface area contributed by atoms with Crippen LogP contribution in [-0.4, -0.2) is 10.7 Å². The smallest absolute Gasteiger partial charge is 0.0619 e. The first kappa shape index (κ1) is 14.0. The maximum atomic E-state index is 9.70. The lowest BCUT2D eigenvalue weighted by molar-refractivity contribution is 0.0505. The minimum absolute atomic E-state index is 0.524. The SMILES string of the molecule is [CH2]CC(C)(O)CCCCCCCCC. The van der Waals surface area contributed by atoms with Gasteiger partial charge in [-0.05, 0) is 19.8 Å². The van der Waals surface area contributed by atoms with E-state index < -0.39 is 5.60 Å². The van der Waals surface area contributed by atoms with Gasteiger partial charge in [0.2, 0.25) is 0 Å². The van der Waals surface area contributed by atoms with Gasteiger partial charge in [-0.15, -0.1) is 0 Å². The lowest BCUT2D eigenvalue weighted by Gasteiger charge is -2.20. The zero-order chi connectivity index (χ0) is 10.9. The highest BCUT2D eigenvalue weighted by Gasteiger charge is 2.15. The molecule has 0 aliphatic heterocycles.